The van der Waals surface area contributed by atoms with Gasteiger partial charge in [0.2, 0.25) is 0 Å². The molecule has 0 bridgehead atoms. The molecular weight excluding hydrogens is 196 g/mol. The molecule has 1 aliphatic carbocycles. The average Bonchev–Trinajstić information content (AvgIpc) is 2.65. The first-order chi connectivity index (χ1) is 7.70. The van der Waals surface area contributed by atoms with Gasteiger partial charge in [-0.2, -0.15) is 5.26 Å². The number of nitrogens with zero attached hydrogens (tertiary/aromatic N) is 1. The van der Waals surface area contributed by atoms with Crippen molar-refractivity contribution >= 4 is 5.69 Å². The van der Waals surface area contributed by atoms with E-state index in [-0.39, 0.29) is 0 Å². The van der Waals surface area contributed by atoms with Crippen LogP contribution in [0.1, 0.15) is 37.3 Å². The first-order valence-electron chi connectivity index (χ1n) is 5.98. The lowest BCUT2D eigenvalue weighted by Crippen LogP contribution is -2.21. The number of anilines is 1. The van der Waals surface area contributed by atoms with Gasteiger partial charge in [0, 0.05) is 11.7 Å². The highest BCUT2D eigenvalue weighted by atomic mass is 14.9. The van der Waals surface area contributed by atoms with E-state index in [9.17, 15) is 0 Å². The predicted molar refractivity (Wildman–Crippen MR) is 66.3 cm³/mol. The van der Waals surface area contributed by atoms with E-state index in [1.807, 2.05) is 19.1 Å². The maximum Gasteiger partial charge on any atom is 0.0994 e. The zero-order valence-corrected chi connectivity index (χ0v) is 9.96. The molecule has 2 rings (SSSR count). The first-order valence-corrected chi connectivity index (χ1v) is 5.98. The van der Waals surface area contributed by atoms with Crippen molar-refractivity contribution in [1.29, 1.82) is 5.26 Å². The van der Waals surface area contributed by atoms with Crippen LogP contribution in [0.3, 0.4) is 0 Å². The van der Waals surface area contributed by atoms with Crippen molar-refractivity contribution in [3.8, 4) is 6.07 Å². The third-order valence-electron chi connectivity index (χ3n) is 3.56. The van der Waals surface area contributed by atoms with Gasteiger partial charge in [0.05, 0.1) is 11.6 Å². The summed E-state index contributed by atoms with van der Waals surface area (Å²) in [6.45, 7) is 4.29. The Balaban J connectivity index is 2.11. The molecule has 1 aliphatic rings. The number of hydrogen-bond donors (Lipinski definition) is 1. The number of rotatable bonds is 2. The van der Waals surface area contributed by atoms with Crippen LogP contribution < -0.4 is 5.32 Å². The predicted octanol–water partition coefficient (Wildman–Crippen LogP) is 3.47. The SMILES string of the molecule is Cc1cc(NC2CCCC2C)ccc1C#N. The van der Waals surface area contributed by atoms with E-state index in [2.05, 4.69) is 24.4 Å². The Morgan fingerprint density at radius 1 is 1.38 bits per heavy atom. The molecule has 0 amide bonds. The molecule has 1 N–H and O–H groups in total. The topological polar surface area (TPSA) is 35.8 Å². The molecule has 0 spiro atoms. The fourth-order valence-corrected chi connectivity index (χ4v) is 2.45. The molecule has 1 fully saturated rings. The van der Waals surface area contributed by atoms with Crippen molar-refractivity contribution in [2.45, 2.75) is 39.2 Å². The zero-order valence-electron chi connectivity index (χ0n) is 9.96. The maximum absolute atomic E-state index is 8.87. The van der Waals surface area contributed by atoms with Crippen LogP contribution in [-0.4, -0.2) is 6.04 Å². The molecule has 0 saturated heterocycles. The maximum atomic E-state index is 8.87. The fourth-order valence-electron chi connectivity index (χ4n) is 2.45. The summed E-state index contributed by atoms with van der Waals surface area (Å²) < 4.78 is 0. The minimum atomic E-state index is 0.604. The first kappa shape index (κ1) is 11.0. The van der Waals surface area contributed by atoms with Crippen LogP contribution in [0.25, 0.3) is 0 Å². The molecule has 2 unspecified atom stereocenters. The van der Waals surface area contributed by atoms with Gasteiger partial charge in [0.25, 0.3) is 0 Å². The van der Waals surface area contributed by atoms with Gasteiger partial charge in [-0.15, -0.1) is 0 Å². The van der Waals surface area contributed by atoms with Crippen LogP contribution in [0.15, 0.2) is 18.2 Å². The van der Waals surface area contributed by atoms with Gasteiger partial charge < -0.3 is 5.32 Å². The largest absolute Gasteiger partial charge is 0.382 e. The van der Waals surface area contributed by atoms with Crippen molar-refractivity contribution < 1.29 is 0 Å². The van der Waals surface area contributed by atoms with Gasteiger partial charge in [-0.3, -0.25) is 0 Å². The molecule has 1 aromatic rings. The molecule has 0 heterocycles. The van der Waals surface area contributed by atoms with Crippen molar-refractivity contribution in [2.75, 3.05) is 5.32 Å². The summed E-state index contributed by atoms with van der Waals surface area (Å²) in [6.07, 6.45) is 3.92. The second-order valence-corrected chi connectivity index (χ2v) is 4.80. The van der Waals surface area contributed by atoms with Crippen LogP contribution in [0.4, 0.5) is 5.69 Å². The summed E-state index contributed by atoms with van der Waals surface area (Å²) in [4.78, 5) is 0. The minimum Gasteiger partial charge on any atom is -0.382 e. The summed E-state index contributed by atoms with van der Waals surface area (Å²) in [5.41, 5.74) is 2.97. The number of nitriles is 1. The molecular formula is C14H18N2. The Kier molecular flexibility index (Phi) is 3.14. The summed E-state index contributed by atoms with van der Waals surface area (Å²) in [6, 6.07) is 8.78. The lowest BCUT2D eigenvalue weighted by atomic mass is 10.0. The molecule has 1 saturated carbocycles. The number of benzene rings is 1. The number of aryl methyl sites for hydroxylation is 1. The van der Waals surface area contributed by atoms with E-state index in [1.54, 1.807) is 0 Å². The molecule has 2 atom stereocenters. The second kappa shape index (κ2) is 4.57. The molecule has 2 heteroatoms. The van der Waals surface area contributed by atoms with E-state index in [4.69, 9.17) is 5.26 Å². The van der Waals surface area contributed by atoms with Crippen molar-refractivity contribution in [2.24, 2.45) is 5.92 Å². The van der Waals surface area contributed by atoms with Crippen LogP contribution in [0.2, 0.25) is 0 Å². The van der Waals surface area contributed by atoms with Crippen molar-refractivity contribution in [1.82, 2.24) is 0 Å². The summed E-state index contributed by atoms with van der Waals surface area (Å²) in [5, 5.41) is 12.4. The monoisotopic (exact) mass is 214 g/mol. The standard InChI is InChI=1S/C14H18N2/c1-10-4-3-5-14(10)16-13-7-6-12(9-15)11(2)8-13/h6-8,10,14,16H,3-5H2,1-2H3. The third kappa shape index (κ3) is 2.19. The quantitative estimate of drug-likeness (QED) is 0.818. The smallest absolute Gasteiger partial charge is 0.0994 e. The normalized spacial score (nSPS) is 24.1. The van der Waals surface area contributed by atoms with E-state index < -0.39 is 0 Å². The molecule has 0 aliphatic heterocycles. The highest BCUT2D eigenvalue weighted by Gasteiger charge is 2.22. The van der Waals surface area contributed by atoms with Crippen LogP contribution in [-0.2, 0) is 0 Å². The number of nitrogens with one attached hydrogen (secondary N) is 1. The van der Waals surface area contributed by atoms with Crippen LogP contribution in [0.5, 0.6) is 0 Å². The Morgan fingerprint density at radius 2 is 2.19 bits per heavy atom. The molecule has 16 heavy (non-hydrogen) atoms. The second-order valence-electron chi connectivity index (χ2n) is 4.80. The van der Waals surface area contributed by atoms with Gasteiger partial charge in [-0.25, -0.2) is 0 Å². The van der Waals surface area contributed by atoms with Gasteiger partial charge in [0.1, 0.15) is 0 Å². The van der Waals surface area contributed by atoms with E-state index in [0.29, 0.717) is 6.04 Å². The summed E-state index contributed by atoms with van der Waals surface area (Å²) in [5.74, 6) is 0.760. The lowest BCUT2D eigenvalue weighted by molar-refractivity contribution is 0.556. The third-order valence-corrected chi connectivity index (χ3v) is 3.56. The van der Waals surface area contributed by atoms with Crippen molar-refractivity contribution in [3.63, 3.8) is 0 Å². The lowest BCUT2D eigenvalue weighted by Gasteiger charge is -2.19. The highest BCUT2D eigenvalue weighted by molar-refractivity contribution is 5.52. The van der Waals surface area contributed by atoms with E-state index >= 15 is 0 Å². The van der Waals surface area contributed by atoms with Gasteiger partial charge >= 0.3 is 0 Å². The Labute approximate surface area is 97.3 Å². The summed E-state index contributed by atoms with van der Waals surface area (Å²) in [7, 11) is 0. The Bertz CT molecular complexity index is 417. The molecule has 1 aromatic carbocycles. The van der Waals surface area contributed by atoms with Gasteiger partial charge in [0.15, 0.2) is 0 Å². The average molecular weight is 214 g/mol. The van der Waals surface area contributed by atoms with Gasteiger partial charge in [-0.1, -0.05) is 13.3 Å². The molecule has 84 valence electrons. The minimum absolute atomic E-state index is 0.604. The molecule has 2 nitrogen and oxygen atoms in total. The molecule has 0 radical (unpaired) electrons. The zero-order chi connectivity index (χ0) is 11.5. The van der Waals surface area contributed by atoms with E-state index in [1.165, 1.54) is 19.3 Å². The molecule has 0 aromatic heterocycles. The summed E-state index contributed by atoms with van der Waals surface area (Å²) >= 11 is 0. The van der Waals surface area contributed by atoms with E-state index in [0.717, 1.165) is 22.7 Å². The van der Waals surface area contributed by atoms with Gasteiger partial charge in [-0.05, 0) is 49.4 Å². The fraction of sp³-hybridized carbons (Fsp3) is 0.500. The van der Waals surface area contributed by atoms with Crippen LogP contribution >= 0.6 is 0 Å². The Morgan fingerprint density at radius 3 is 2.75 bits per heavy atom. The number of hydrogen-bond acceptors (Lipinski definition) is 2. The highest BCUT2D eigenvalue weighted by Crippen LogP contribution is 2.28. The van der Waals surface area contributed by atoms with Crippen LogP contribution in [0, 0.1) is 24.2 Å². The van der Waals surface area contributed by atoms with Crippen molar-refractivity contribution in [3.05, 3.63) is 29.3 Å². The Hall–Kier alpha value is -1.49.